The van der Waals surface area contributed by atoms with Gasteiger partial charge < -0.3 is 4.57 Å². The van der Waals surface area contributed by atoms with Crippen LogP contribution in [0.15, 0.2) is 182 Å². The Balaban J connectivity index is 1.08. The largest absolute Gasteiger partial charge is 0.308 e. The summed E-state index contributed by atoms with van der Waals surface area (Å²) in [6, 6.07) is 64.8. The van der Waals surface area contributed by atoms with Gasteiger partial charge in [-0.25, -0.2) is 15.0 Å². The Bertz CT molecular complexity index is 3410. The van der Waals surface area contributed by atoms with Crippen LogP contribution in [0.2, 0.25) is 0 Å². The van der Waals surface area contributed by atoms with Gasteiger partial charge in [0.2, 0.25) is 0 Å². The topological polar surface area (TPSA) is 43.6 Å². The predicted octanol–water partition coefficient (Wildman–Crippen LogP) is 14.4. The number of hydrogen-bond acceptors (Lipinski definition) is 5. The van der Waals surface area contributed by atoms with Crippen molar-refractivity contribution in [3.05, 3.63) is 182 Å². The van der Waals surface area contributed by atoms with E-state index in [1.165, 1.54) is 79.0 Å². The van der Waals surface area contributed by atoms with Gasteiger partial charge >= 0.3 is 0 Å². The van der Waals surface area contributed by atoms with Crippen LogP contribution < -0.4 is 0 Å². The number of benzene rings is 8. The van der Waals surface area contributed by atoms with E-state index in [4.69, 9.17) is 15.0 Å². The van der Waals surface area contributed by atoms with Crippen LogP contribution in [0, 0.1) is 0 Å². The monoisotopic (exact) mass is 762 g/mol. The number of para-hydroxylation sites is 2. The van der Waals surface area contributed by atoms with Gasteiger partial charge in [0.25, 0.3) is 0 Å². The average Bonchev–Trinajstić information content (AvgIpc) is 3.97. The molecule has 0 saturated heterocycles. The fraction of sp³-hybridized carbons (Fsp3) is 0. The van der Waals surface area contributed by atoms with E-state index in [1.54, 1.807) is 0 Å². The van der Waals surface area contributed by atoms with Gasteiger partial charge in [0.15, 0.2) is 17.5 Å². The standard InChI is InChI=1S/C51H30N4S2/c1-3-15-31(16-4-1)49-52-50(32-17-5-2-6-18-32)54-51(53-49)39-25-11-23-37-45-35(21-13-29-43(45)56-47(37)39)36-22-14-30-44-46(36)38-24-12-28-42(48(38)57-44)55-40-26-9-7-19-33(40)34-20-8-10-27-41(34)55/h1-30H. The van der Waals surface area contributed by atoms with Gasteiger partial charge in [-0.15, -0.1) is 22.7 Å². The molecular weight excluding hydrogens is 733 g/mol. The summed E-state index contributed by atoms with van der Waals surface area (Å²) in [4.78, 5) is 15.2. The van der Waals surface area contributed by atoms with Crippen molar-refractivity contribution in [2.45, 2.75) is 0 Å². The normalized spacial score (nSPS) is 11.9. The van der Waals surface area contributed by atoms with Crippen molar-refractivity contribution in [1.82, 2.24) is 19.5 Å². The molecule has 0 unspecified atom stereocenters. The zero-order valence-corrected chi connectivity index (χ0v) is 32.1. The van der Waals surface area contributed by atoms with E-state index in [0.717, 1.165) is 16.7 Å². The first-order valence-corrected chi connectivity index (χ1v) is 20.7. The maximum Gasteiger partial charge on any atom is 0.165 e. The number of hydrogen-bond donors (Lipinski definition) is 0. The summed E-state index contributed by atoms with van der Waals surface area (Å²) in [6.07, 6.45) is 0. The molecular formula is C51H30N4S2. The van der Waals surface area contributed by atoms with E-state index < -0.39 is 0 Å². The Labute approximate surface area is 335 Å². The van der Waals surface area contributed by atoms with E-state index >= 15 is 0 Å². The molecule has 0 fully saturated rings. The quantitative estimate of drug-likeness (QED) is 0.175. The average molecular weight is 763 g/mol. The zero-order valence-electron chi connectivity index (χ0n) is 30.4. The lowest BCUT2D eigenvalue weighted by atomic mass is 9.95. The maximum absolute atomic E-state index is 5.12. The van der Waals surface area contributed by atoms with Gasteiger partial charge in [-0.05, 0) is 47.5 Å². The van der Waals surface area contributed by atoms with E-state index in [-0.39, 0.29) is 0 Å². The molecule has 6 heteroatoms. The molecule has 57 heavy (non-hydrogen) atoms. The Kier molecular flexibility index (Phi) is 7.24. The molecule has 0 atom stereocenters. The molecule has 12 aromatic rings. The molecule has 0 saturated carbocycles. The van der Waals surface area contributed by atoms with Crippen LogP contribution in [0.3, 0.4) is 0 Å². The molecule has 4 heterocycles. The van der Waals surface area contributed by atoms with Gasteiger partial charge in [-0.3, -0.25) is 0 Å². The molecule has 12 rings (SSSR count). The molecule has 0 aliphatic heterocycles. The number of aromatic nitrogens is 4. The Hall–Kier alpha value is -6.99. The SMILES string of the molecule is c1ccc(-c2nc(-c3ccccc3)nc(-c3cccc4c3sc3cccc(-c5cccc6sc7c(-n8c9ccccc9c9ccccc98)cccc7c56)c34)n2)cc1. The van der Waals surface area contributed by atoms with Crippen LogP contribution in [0.5, 0.6) is 0 Å². The maximum atomic E-state index is 5.12. The number of rotatable bonds is 5. The highest BCUT2D eigenvalue weighted by Gasteiger charge is 2.21. The lowest BCUT2D eigenvalue weighted by molar-refractivity contribution is 1.08. The van der Waals surface area contributed by atoms with Gasteiger partial charge in [0.1, 0.15) is 0 Å². The molecule has 0 amide bonds. The minimum atomic E-state index is 0.662. The highest BCUT2D eigenvalue weighted by Crippen LogP contribution is 2.48. The second-order valence-electron chi connectivity index (χ2n) is 14.3. The van der Waals surface area contributed by atoms with Crippen LogP contribution >= 0.6 is 22.7 Å². The lowest BCUT2D eigenvalue weighted by Gasteiger charge is -2.10. The van der Waals surface area contributed by atoms with Crippen molar-refractivity contribution in [2.24, 2.45) is 0 Å². The molecule has 8 aromatic carbocycles. The van der Waals surface area contributed by atoms with E-state index in [9.17, 15) is 0 Å². The number of nitrogens with zero attached hydrogens (tertiary/aromatic N) is 4. The summed E-state index contributed by atoms with van der Waals surface area (Å²) < 4.78 is 7.41. The highest BCUT2D eigenvalue weighted by atomic mass is 32.1. The number of fused-ring (bicyclic) bond motifs is 9. The predicted molar refractivity (Wildman–Crippen MR) is 242 cm³/mol. The fourth-order valence-corrected chi connectivity index (χ4v) is 11.1. The molecule has 0 radical (unpaired) electrons. The van der Waals surface area contributed by atoms with Crippen molar-refractivity contribution in [2.75, 3.05) is 0 Å². The van der Waals surface area contributed by atoms with Crippen LogP contribution in [0.1, 0.15) is 0 Å². The van der Waals surface area contributed by atoms with Crippen molar-refractivity contribution >= 4 is 84.8 Å². The first-order valence-electron chi connectivity index (χ1n) is 19.0. The van der Waals surface area contributed by atoms with Crippen molar-refractivity contribution in [3.63, 3.8) is 0 Å². The Morgan fingerprint density at radius 3 is 1.37 bits per heavy atom. The third-order valence-corrected chi connectivity index (χ3v) is 13.5. The van der Waals surface area contributed by atoms with E-state index in [2.05, 4.69) is 150 Å². The van der Waals surface area contributed by atoms with Crippen LogP contribution in [0.25, 0.3) is 113 Å². The summed E-state index contributed by atoms with van der Waals surface area (Å²) in [7, 11) is 0. The van der Waals surface area contributed by atoms with Crippen molar-refractivity contribution < 1.29 is 0 Å². The molecule has 0 spiro atoms. The summed E-state index contributed by atoms with van der Waals surface area (Å²) >= 11 is 3.69. The van der Waals surface area contributed by atoms with Crippen LogP contribution in [-0.2, 0) is 0 Å². The molecule has 4 aromatic heterocycles. The smallest absolute Gasteiger partial charge is 0.165 e. The second-order valence-corrected chi connectivity index (χ2v) is 16.4. The van der Waals surface area contributed by atoms with Crippen molar-refractivity contribution in [1.29, 1.82) is 0 Å². The molecule has 0 aliphatic carbocycles. The van der Waals surface area contributed by atoms with Crippen molar-refractivity contribution in [3.8, 4) is 51.0 Å². The lowest BCUT2D eigenvalue weighted by Crippen LogP contribution is -2.00. The van der Waals surface area contributed by atoms with Crippen LogP contribution in [-0.4, -0.2) is 19.5 Å². The number of thiophene rings is 2. The van der Waals surface area contributed by atoms with Gasteiger partial charge in [0, 0.05) is 63.1 Å². The Morgan fingerprint density at radius 2 is 0.772 bits per heavy atom. The summed E-state index contributed by atoms with van der Waals surface area (Å²) in [5, 5.41) is 7.56. The summed E-state index contributed by atoms with van der Waals surface area (Å²) in [5.41, 5.74) is 9.05. The fourth-order valence-electron chi connectivity index (χ4n) is 8.59. The Morgan fingerprint density at radius 1 is 0.333 bits per heavy atom. The molecule has 0 aliphatic rings. The molecule has 4 nitrogen and oxygen atoms in total. The first-order chi connectivity index (χ1) is 28.3. The van der Waals surface area contributed by atoms with E-state index in [1.807, 2.05) is 59.1 Å². The highest BCUT2D eigenvalue weighted by molar-refractivity contribution is 7.27. The zero-order chi connectivity index (χ0) is 37.5. The van der Waals surface area contributed by atoms with Gasteiger partial charge in [-0.1, -0.05) is 146 Å². The molecule has 266 valence electrons. The van der Waals surface area contributed by atoms with Crippen LogP contribution in [0.4, 0.5) is 0 Å². The third-order valence-electron chi connectivity index (χ3n) is 11.1. The van der Waals surface area contributed by atoms with Gasteiger partial charge in [0.05, 0.1) is 21.4 Å². The third kappa shape index (κ3) is 5.01. The first kappa shape index (κ1) is 32.3. The summed E-state index contributed by atoms with van der Waals surface area (Å²) in [5.74, 6) is 1.99. The second kappa shape index (κ2) is 12.8. The minimum absolute atomic E-state index is 0.662. The molecule has 0 N–H and O–H groups in total. The minimum Gasteiger partial charge on any atom is -0.308 e. The van der Waals surface area contributed by atoms with E-state index in [0.29, 0.717) is 17.5 Å². The summed E-state index contributed by atoms with van der Waals surface area (Å²) in [6.45, 7) is 0. The molecule has 0 bridgehead atoms. The van der Waals surface area contributed by atoms with Gasteiger partial charge in [-0.2, -0.15) is 0 Å².